The van der Waals surface area contributed by atoms with E-state index >= 15 is 0 Å². The van der Waals surface area contributed by atoms with E-state index in [1.807, 2.05) is 24.3 Å². The summed E-state index contributed by atoms with van der Waals surface area (Å²) in [4.78, 5) is 22.6. The van der Waals surface area contributed by atoms with Crippen LogP contribution in [0.25, 0.3) is 6.08 Å². The monoisotopic (exact) mass is 332 g/mol. The summed E-state index contributed by atoms with van der Waals surface area (Å²) in [6, 6.07) is 14.0. The Morgan fingerprint density at radius 2 is 1.42 bits per heavy atom. The van der Waals surface area contributed by atoms with Gasteiger partial charge in [-0.3, -0.25) is 9.59 Å². The number of halogens is 3. The maximum Gasteiger partial charge on any atom is 0.450 e. The zero-order valence-electron chi connectivity index (χ0n) is 12.8. The number of Topliss-reactive ketones (excluding diaryl/α,β-unsaturated/α-hetero) is 2. The predicted octanol–water partition coefficient (Wildman–Crippen LogP) is 4.62. The third kappa shape index (κ3) is 4.65. The molecule has 0 radical (unpaired) electrons. The molecule has 0 saturated carbocycles. The molecule has 0 amide bonds. The molecule has 0 saturated heterocycles. The van der Waals surface area contributed by atoms with E-state index in [4.69, 9.17) is 0 Å². The van der Waals surface area contributed by atoms with Crippen molar-refractivity contribution in [1.29, 1.82) is 0 Å². The van der Waals surface area contributed by atoms with E-state index in [1.165, 1.54) is 12.1 Å². The third-order valence-electron chi connectivity index (χ3n) is 3.54. The third-order valence-corrected chi connectivity index (χ3v) is 3.54. The maximum absolute atomic E-state index is 12.2. The Kier molecular flexibility index (Phi) is 5.34. The van der Waals surface area contributed by atoms with Gasteiger partial charge in [0.05, 0.1) is 6.42 Å². The summed E-state index contributed by atoms with van der Waals surface area (Å²) in [6.07, 6.45) is -3.77. The highest BCUT2D eigenvalue weighted by atomic mass is 19.4. The summed E-state index contributed by atoms with van der Waals surface area (Å²) < 4.78 is 36.5. The van der Waals surface area contributed by atoms with Gasteiger partial charge in [0.1, 0.15) is 0 Å². The van der Waals surface area contributed by atoms with Gasteiger partial charge < -0.3 is 0 Å². The van der Waals surface area contributed by atoms with Gasteiger partial charge in [0.15, 0.2) is 5.78 Å². The second kappa shape index (κ2) is 7.25. The number of alkyl halides is 3. The molecule has 0 aliphatic rings. The summed E-state index contributed by atoms with van der Waals surface area (Å²) in [5.41, 5.74) is 3.08. The predicted molar refractivity (Wildman–Crippen MR) is 85.8 cm³/mol. The minimum atomic E-state index is -4.98. The summed E-state index contributed by atoms with van der Waals surface area (Å²) in [5, 5.41) is 0. The van der Waals surface area contributed by atoms with Crippen molar-refractivity contribution in [2.24, 2.45) is 0 Å². The Balaban J connectivity index is 2.03. The Labute approximate surface area is 137 Å². The van der Waals surface area contributed by atoms with Gasteiger partial charge >= 0.3 is 6.18 Å². The van der Waals surface area contributed by atoms with Crippen molar-refractivity contribution in [3.63, 3.8) is 0 Å². The first-order chi connectivity index (χ1) is 11.3. The number of hydrogen-bond donors (Lipinski definition) is 0. The van der Waals surface area contributed by atoms with Gasteiger partial charge in [0.2, 0.25) is 5.78 Å². The SMILES string of the molecule is C=Cc1ccc(Cc2ccc(C(=O)CC(=O)C(F)(F)F)cc2)cc1. The lowest BCUT2D eigenvalue weighted by atomic mass is 10.00. The molecule has 0 heterocycles. The molecule has 0 aromatic heterocycles. The van der Waals surface area contributed by atoms with Gasteiger partial charge in [-0.2, -0.15) is 13.2 Å². The average Bonchev–Trinajstić information content (AvgIpc) is 2.55. The molecule has 0 spiro atoms. The topological polar surface area (TPSA) is 34.1 Å². The standard InChI is InChI=1S/C19H15F3O2/c1-2-13-3-5-14(6-4-13)11-15-7-9-16(10-8-15)17(23)12-18(24)19(20,21)22/h2-10H,1,11-12H2. The number of carbonyl (C=O) groups is 2. The first-order valence-corrected chi connectivity index (χ1v) is 7.23. The molecule has 0 atom stereocenters. The van der Waals surface area contributed by atoms with E-state index in [-0.39, 0.29) is 5.56 Å². The molecule has 124 valence electrons. The fourth-order valence-corrected chi connectivity index (χ4v) is 2.16. The van der Waals surface area contributed by atoms with Gasteiger partial charge in [0.25, 0.3) is 0 Å². The summed E-state index contributed by atoms with van der Waals surface area (Å²) >= 11 is 0. The van der Waals surface area contributed by atoms with Crippen molar-refractivity contribution < 1.29 is 22.8 Å². The molecule has 0 bridgehead atoms. The first-order valence-electron chi connectivity index (χ1n) is 7.23. The Bertz CT molecular complexity index is 742. The fourth-order valence-electron chi connectivity index (χ4n) is 2.16. The molecule has 0 aliphatic heterocycles. The highest BCUT2D eigenvalue weighted by Crippen LogP contribution is 2.20. The number of ketones is 2. The summed E-state index contributed by atoms with van der Waals surface area (Å²) in [5.74, 6) is -2.86. The van der Waals surface area contributed by atoms with E-state index < -0.39 is 24.2 Å². The van der Waals surface area contributed by atoms with Crippen molar-refractivity contribution in [1.82, 2.24) is 0 Å². The van der Waals surface area contributed by atoms with E-state index in [0.717, 1.165) is 16.7 Å². The van der Waals surface area contributed by atoms with Crippen LogP contribution in [0.1, 0.15) is 33.5 Å². The van der Waals surface area contributed by atoms with Crippen LogP contribution in [0.5, 0.6) is 0 Å². The molecule has 0 aliphatic carbocycles. The normalized spacial score (nSPS) is 11.1. The largest absolute Gasteiger partial charge is 0.450 e. The van der Waals surface area contributed by atoms with E-state index in [9.17, 15) is 22.8 Å². The average molecular weight is 332 g/mol. The molecule has 5 heteroatoms. The fraction of sp³-hybridized carbons (Fsp3) is 0.158. The summed E-state index contributed by atoms with van der Waals surface area (Å²) in [7, 11) is 0. The molecule has 24 heavy (non-hydrogen) atoms. The van der Waals surface area contributed by atoms with E-state index in [0.29, 0.717) is 6.42 Å². The molecular weight excluding hydrogens is 317 g/mol. The van der Waals surface area contributed by atoms with Gasteiger partial charge in [0, 0.05) is 5.56 Å². The van der Waals surface area contributed by atoms with E-state index in [2.05, 4.69) is 6.58 Å². The van der Waals surface area contributed by atoms with E-state index in [1.54, 1.807) is 18.2 Å². The molecule has 0 unspecified atom stereocenters. The summed E-state index contributed by atoms with van der Waals surface area (Å²) in [6.45, 7) is 3.68. The van der Waals surface area contributed by atoms with Crippen molar-refractivity contribution in [3.8, 4) is 0 Å². The maximum atomic E-state index is 12.2. The molecule has 2 nitrogen and oxygen atoms in total. The van der Waals surface area contributed by atoms with Crippen LogP contribution in [0.3, 0.4) is 0 Å². The Morgan fingerprint density at radius 3 is 1.88 bits per heavy atom. The Hall–Kier alpha value is -2.69. The number of benzene rings is 2. The van der Waals surface area contributed by atoms with Crippen LogP contribution < -0.4 is 0 Å². The number of rotatable bonds is 6. The van der Waals surface area contributed by atoms with Gasteiger partial charge in [-0.1, -0.05) is 61.2 Å². The van der Waals surface area contributed by atoms with Crippen LogP contribution in [0.2, 0.25) is 0 Å². The van der Waals surface area contributed by atoms with Gasteiger partial charge in [-0.15, -0.1) is 0 Å². The van der Waals surface area contributed by atoms with Crippen LogP contribution >= 0.6 is 0 Å². The van der Waals surface area contributed by atoms with Crippen LogP contribution in [0.4, 0.5) is 13.2 Å². The van der Waals surface area contributed by atoms with Crippen molar-refractivity contribution >= 4 is 17.6 Å². The highest BCUT2D eigenvalue weighted by Gasteiger charge is 2.39. The van der Waals surface area contributed by atoms with Crippen LogP contribution in [-0.2, 0) is 11.2 Å². The number of hydrogen-bond acceptors (Lipinski definition) is 2. The molecular formula is C19H15F3O2. The van der Waals surface area contributed by atoms with Crippen molar-refractivity contribution in [2.75, 3.05) is 0 Å². The molecule has 2 aromatic carbocycles. The highest BCUT2D eigenvalue weighted by molar-refractivity contribution is 6.09. The molecule has 2 aromatic rings. The second-order valence-electron chi connectivity index (χ2n) is 5.34. The lowest BCUT2D eigenvalue weighted by molar-refractivity contribution is -0.170. The van der Waals surface area contributed by atoms with Crippen molar-refractivity contribution in [3.05, 3.63) is 77.4 Å². The zero-order valence-corrected chi connectivity index (χ0v) is 12.8. The lowest BCUT2D eigenvalue weighted by Gasteiger charge is -2.06. The van der Waals surface area contributed by atoms with Gasteiger partial charge in [-0.25, -0.2) is 0 Å². The minimum Gasteiger partial charge on any atom is -0.294 e. The van der Waals surface area contributed by atoms with Crippen LogP contribution in [-0.4, -0.2) is 17.7 Å². The zero-order chi connectivity index (χ0) is 17.7. The smallest absolute Gasteiger partial charge is 0.294 e. The lowest BCUT2D eigenvalue weighted by Crippen LogP contribution is -2.25. The molecule has 0 fully saturated rings. The van der Waals surface area contributed by atoms with Gasteiger partial charge in [-0.05, 0) is 23.1 Å². The second-order valence-corrected chi connectivity index (χ2v) is 5.34. The van der Waals surface area contributed by atoms with Crippen molar-refractivity contribution in [2.45, 2.75) is 19.0 Å². The number of carbonyl (C=O) groups excluding carboxylic acids is 2. The molecule has 2 rings (SSSR count). The van der Waals surface area contributed by atoms with Crippen LogP contribution in [0.15, 0.2) is 55.1 Å². The minimum absolute atomic E-state index is 0.0957. The van der Waals surface area contributed by atoms with Crippen LogP contribution in [0, 0.1) is 0 Å². The molecule has 0 N–H and O–H groups in total. The Morgan fingerprint density at radius 1 is 0.917 bits per heavy atom. The first kappa shape index (κ1) is 17.7. The quantitative estimate of drug-likeness (QED) is 0.571.